The standard InChI is InChI=1S/C26H29F5N6O4/c1-40-18-13-41-36-23(18)24(39)35-22(15-4-7-25(27,28)8-5-15)17-12-37-19(33-17)10-16(11-32-37)21(14-2-3-14)34-20(38)6-9-26(29,30)31/h10-15,21-22H,2-9H2,1H3,(H,34,38)(H,35,39)/t21-,22?/m1/s1. The van der Waals surface area contributed by atoms with Crippen molar-refractivity contribution >= 4 is 17.5 Å². The molecule has 2 N–H and O–H groups in total. The zero-order valence-corrected chi connectivity index (χ0v) is 22.1. The Morgan fingerprint density at radius 2 is 1.85 bits per heavy atom. The van der Waals surface area contributed by atoms with E-state index in [1.165, 1.54) is 24.1 Å². The summed E-state index contributed by atoms with van der Waals surface area (Å²) >= 11 is 0. The quantitative estimate of drug-likeness (QED) is 0.324. The molecule has 10 nitrogen and oxygen atoms in total. The minimum Gasteiger partial charge on any atom is -0.491 e. The molecule has 5 rings (SSSR count). The van der Waals surface area contributed by atoms with Crippen LogP contribution in [0.2, 0.25) is 0 Å². The highest BCUT2D eigenvalue weighted by Gasteiger charge is 2.40. The third-order valence-corrected chi connectivity index (χ3v) is 7.57. The normalized spacial score (nSPS) is 19.1. The van der Waals surface area contributed by atoms with Crippen LogP contribution in [0.25, 0.3) is 5.65 Å². The van der Waals surface area contributed by atoms with E-state index in [4.69, 9.17) is 9.26 Å². The van der Waals surface area contributed by atoms with Crippen molar-refractivity contribution in [2.45, 2.75) is 75.5 Å². The minimum absolute atomic E-state index is 0.0666. The zero-order valence-electron chi connectivity index (χ0n) is 22.1. The lowest BCUT2D eigenvalue weighted by molar-refractivity contribution is -0.144. The smallest absolute Gasteiger partial charge is 0.389 e. The Hall–Kier alpha value is -3.78. The number of aromatic nitrogens is 4. The van der Waals surface area contributed by atoms with Gasteiger partial charge in [0.25, 0.3) is 5.91 Å². The topological polar surface area (TPSA) is 124 Å². The largest absolute Gasteiger partial charge is 0.491 e. The van der Waals surface area contributed by atoms with Crippen molar-refractivity contribution in [2.75, 3.05) is 7.11 Å². The van der Waals surface area contributed by atoms with Gasteiger partial charge in [-0.15, -0.1) is 0 Å². The van der Waals surface area contributed by atoms with E-state index >= 15 is 0 Å². The second kappa shape index (κ2) is 11.2. The molecular weight excluding hydrogens is 555 g/mol. The van der Waals surface area contributed by atoms with Gasteiger partial charge >= 0.3 is 6.18 Å². The Balaban J connectivity index is 1.40. The fraction of sp³-hybridized carbons (Fsp3) is 0.577. The summed E-state index contributed by atoms with van der Waals surface area (Å²) < 4.78 is 77.0. The summed E-state index contributed by atoms with van der Waals surface area (Å²) in [7, 11) is 1.35. The molecule has 3 aromatic heterocycles. The van der Waals surface area contributed by atoms with Gasteiger partial charge in [0.2, 0.25) is 17.5 Å². The Kier molecular flexibility index (Phi) is 7.88. The number of hydrogen-bond acceptors (Lipinski definition) is 7. The van der Waals surface area contributed by atoms with Crippen molar-refractivity contribution in [1.29, 1.82) is 0 Å². The summed E-state index contributed by atoms with van der Waals surface area (Å²) in [6.07, 6.45) is -0.798. The number of alkyl halides is 5. The molecule has 3 heterocycles. The molecule has 2 fully saturated rings. The number of carbonyl (C=O) groups excluding carboxylic acids is 2. The molecule has 0 aromatic carbocycles. The number of hydrogen-bond donors (Lipinski definition) is 2. The highest BCUT2D eigenvalue weighted by atomic mass is 19.4. The van der Waals surface area contributed by atoms with Crippen LogP contribution in [-0.4, -0.2) is 50.8 Å². The fourth-order valence-corrected chi connectivity index (χ4v) is 5.20. The van der Waals surface area contributed by atoms with Gasteiger partial charge in [0.1, 0.15) is 0 Å². The van der Waals surface area contributed by atoms with E-state index in [9.17, 15) is 31.5 Å². The molecule has 2 saturated carbocycles. The summed E-state index contributed by atoms with van der Waals surface area (Å²) in [6, 6.07) is 0.397. The first-order chi connectivity index (χ1) is 19.4. The van der Waals surface area contributed by atoms with Crippen LogP contribution in [-0.2, 0) is 4.79 Å². The number of nitrogens with one attached hydrogen (secondary N) is 2. The van der Waals surface area contributed by atoms with Crippen LogP contribution in [0, 0.1) is 11.8 Å². The SMILES string of the molecule is COc1conc1C(=O)NC(c1cn2ncc([C@H](NC(=O)CCC(F)(F)F)C3CC3)cc2n1)C1CCC(F)(F)CC1. The predicted octanol–water partition coefficient (Wildman–Crippen LogP) is 4.93. The van der Waals surface area contributed by atoms with Crippen molar-refractivity contribution in [2.24, 2.45) is 11.8 Å². The lowest BCUT2D eigenvalue weighted by atomic mass is 9.81. The lowest BCUT2D eigenvalue weighted by Crippen LogP contribution is -2.37. The third kappa shape index (κ3) is 6.93. The first-order valence-corrected chi connectivity index (χ1v) is 13.3. The van der Waals surface area contributed by atoms with Crippen LogP contribution in [0.1, 0.15) is 85.2 Å². The summed E-state index contributed by atoms with van der Waals surface area (Å²) in [5, 5.41) is 13.6. The second-order valence-electron chi connectivity index (χ2n) is 10.6. The van der Waals surface area contributed by atoms with Crippen molar-refractivity contribution in [3.63, 3.8) is 0 Å². The molecule has 2 aliphatic rings. The number of carbonyl (C=O) groups is 2. The van der Waals surface area contributed by atoms with Gasteiger partial charge in [-0.1, -0.05) is 5.16 Å². The first-order valence-electron chi connectivity index (χ1n) is 13.3. The monoisotopic (exact) mass is 584 g/mol. The molecule has 2 amide bonds. The van der Waals surface area contributed by atoms with Crippen LogP contribution >= 0.6 is 0 Å². The molecule has 222 valence electrons. The molecule has 0 spiro atoms. The van der Waals surface area contributed by atoms with Gasteiger partial charge in [-0.05, 0) is 49.1 Å². The number of methoxy groups -OCH3 is 1. The van der Waals surface area contributed by atoms with E-state index in [0.29, 0.717) is 16.9 Å². The molecular formula is C26H29F5N6O4. The van der Waals surface area contributed by atoms with Crippen molar-refractivity contribution in [1.82, 2.24) is 30.4 Å². The van der Waals surface area contributed by atoms with Gasteiger partial charge in [0, 0.05) is 19.3 Å². The first kappa shape index (κ1) is 28.7. The average molecular weight is 585 g/mol. The Morgan fingerprint density at radius 1 is 1.15 bits per heavy atom. The number of halogens is 5. The molecule has 41 heavy (non-hydrogen) atoms. The number of ether oxygens (including phenoxy) is 1. The van der Waals surface area contributed by atoms with E-state index in [1.54, 1.807) is 12.3 Å². The number of rotatable bonds is 10. The van der Waals surface area contributed by atoms with Crippen LogP contribution in [0.3, 0.4) is 0 Å². The van der Waals surface area contributed by atoms with Crippen LogP contribution < -0.4 is 15.4 Å². The maximum atomic E-state index is 13.9. The average Bonchev–Trinajstić information content (AvgIpc) is 3.48. The highest BCUT2D eigenvalue weighted by molar-refractivity contribution is 5.94. The molecule has 2 aliphatic carbocycles. The molecule has 3 aromatic rings. The molecule has 0 saturated heterocycles. The maximum absolute atomic E-state index is 13.9. The molecule has 0 bridgehead atoms. The number of amides is 2. The van der Waals surface area contributed by atoms with E-state index in [-0.39, 0.29) is 49.0 Å². The number of nitrogens with zero attached hydrogens (tertiary/aromatic N) is 4. The number of fused-ring (bicyclic) bond motifs is 1. The maximum Gasteiger partial charge on any atom is 0.389 e. The van der Waals surface area contributed by atoms with E-state index in [1.807, 2.05) is 0 Å². The summed E-state index contributed by atoms with van der Waals surface area (Å²) in [5.74, 6) is -4.29. The molecule has 1 unspecified atom stereocenters. The minimum atomic E-state index is -4.43. The fourth-order valence-electron chi connectivity index (χ4n) is 5.20. The van der Waals surface area contributed by atoms with Crippen molar-refractivity contribution in [3.8, 4) is 5.75 Å². The summed E-state index contributed by atoms with van der Waals surface area (Å²) in [5.41, 5.74) is 1.24. The third-order valence-electron chi connectivity index (χ3n) is 7.57. The van der Waals surface area contributed by atoms with E-state index < -0.39 is 48.8 Å². The lowest BCUT2D eigenvalue weighted by Gasteiger charge is -2.33. The van der Waals surface area contributed by atoms with E-state index in [0.717, 1.165) is 12.8 Å². The van der Waals surface area contributed by atoms with Crippen LogP contribution in [0.5, 0.6) is 5.75 Å². The zero-order chi connectivity index (χ0) is 29.4. The Labute approximate surface area is 231 Å². The van der Waals surface area contributed by atoms with Crippen LogP contribution in [0.15, 0.2) is 29.2 Å². The summed E-state index contributed by atoms with van der Waals surface area (Å²) in [6.45, 7) is 0. The van der Waals surface area contributed by atoms with Crippen LogP contribution in [0.4, 0.5) is 22.0 Å². The highest BCUT2D eigenvalue weighted by Crippen LogP contribution is 2.43. The van der Waals surface area contributed by atoms with Gasteiger partial charge in [0.15, 0.2) is 17.7 Å². The second-order valence-corrected chi connectivity index (χ2v) is 10.6. The van der Waals surface area contributed by atoms with Gasteiger partial charge in [0.05, 0.1) is 43.7 Å². The van der Waals surface area contributed by atoms with Gasteiger partial charge in [-0.2, -0.15) is 18.3 Å². The number of imidazole rings is 1. The van der Waals surface area contributed by atoms with Gasteiger partial charge < -0.3 is 19.9 Å². The Morgan fingerprint density at radius 3 is 2.51 bits per heavy atom. The van der Waals surface area contributed by atoms with Crippen molar-refractivity contribution < 1.29 is 40.8 Å². The van der Waals surface area contributed by atoms with Crippen molar-refractivity contribution in [3.05, 3.63) is 41.7 Å². The van der Waals surface area contributed by atoms with Gasteiger partial charge in [-0.3, -0.25) is 9.59 Å². The van der Waals surface area contributed by atoms with E-state index in [2.05, 4.69) is 25.9 Å². The van der Waals surface area contributed by atoms with Gasteiger partial charge in [-0.25, -0.2) is 18.3 Å². The molecule has 2 atom stereocenters. The summed E-state index contributed by atoms with van der Waals surface area (Å²) in [4.78, 5) is 30.0. The molecule has 15 heteroatoms. The molecule has 0 radical (unpaired) electrons. The Bertz CT molecular complexity index is 1390. The molecule has 0 aliphatic heterocycles. The predicted molar refractivity (Wildman–Crippen MR) is 132 cm³/mol.